The van der Waals surface area contributed by atoms with Gasteiger partial charge >= 0.3 is 5.97 Å². The summed E-state index contributed by atoms with van der Waals surface area (Å²) in [7, 11) is 3.30. The molecule has 1 heterocycles. The van der Waals surface area contributed by atoms with Gasteiger partial charge < -0.3 is 4.74 Å². The maximum absolute atomic E-state index is 11.4. The molecule has 0 aliphatic rings. The standard InChI is InChI=1S/C14H16N2O2S.C2H6/c1-10-8-11(14(17)18-3)4-5-13(10)19-9-12-6-7-16(2)15-12;1-2/h4-8H,9H2,1-3H3;1-2H3. The van der Waals surface area contributed by atoms with E-state index in [0.717, 1.165) is 21.9 Å². The second-order valence-electron chi connectivity index (χ2n) is 4.24. The molecule has 0 saturated carbocycles. The fourth-order valence-corrected chi connectivity index (χ4v) is 2.66. The lowest BCUT2D eigenvalue weighted by Gasteiger charge is -2.06. The summed E-state index contributed by atoms with van der Waals surface area (Å²) in [4.78, 5) is 12.6. The van der Waals surface area contributed by atoms with Crippen LogP contribution >= 0.6 is 11.8 Å². The molecule has 2 aromatic rings. The van der Waals surface area contributed by atoms with Gasteiger partial charge in [0.25, 0.3) is 0 Å². The van der Waals surface area contributed by atoms with Gasteiger partial charge in [-0.1, -0.05) is 13.8 Å². The quantitative estimate of drug-likeness (QED) is 0.636. The first-order chi connectivity index (χ1) is 10.1. The summed E-state index contributed by atoms with van der Waals surface area (Å²) < 4.78 is 6.50. The molecule has 0 N–H and O–H groups in total. The Bertz CT molecular complexity index is 594. The molecule has 0 saturated heterocycles. The van der Waals surface area contributed by atoms with E-state index < -0.39 is 0 Å². The zero-order chi connectivity index (χ0) is 15.8. The first-order valence-electron chi connectivity index (χ1n) is 6.90. The lowest BCUT2D eigenvalue weighted by molar-refractivity contribution is 0.0600. The van der Waals surface area contributed by atoms with E-state index in [2.05, 4.69) is 5.10 Å². The fourth-order valence-electron chi connectivity index (χ4n) is 1.75. The monoisotopic (exact) mass is 306 g/mol. The minimum Gasteiger partial charge on any atom is -0.465 e. The molecule has 114 valence electrons. The predicted molar refractivity (Wildman–Crippen MR) is 86.6 cm³/mol. The van der Waals surface area contributed by atoms with E-state index in [-0.39, 0.29) is 5.97 Å². The minimum absolute atomic E-state index is 0.302. The van der Waals surface area contributed by atoms with Gasteiger partial charge in [0.05, 0.1) is 18.4 Å². The summed E-state index contributed by atoms with van der Waals surface area (Å²) in [6.45, 7) is 5.99. The van der Waals surface area contributed by atoms with Gasteiger partial charge in [-0.15, -0.1) is 11.8 Å². The van der Waals surface area contributed by atoms with Crippen molar-refractivity contribution < 1.29 is 9.53 Å². The smallest absolute Gasteiger partial charge is 0.337 e. The number of rotatable bonds is 4. The van der Waals surface area contributed by atoms with Crippen molar-refractivity contribution in [3.05, 3.63) is 47.3 Å². The van der Waals surface area contributed by atoms with E-state index in [4.69, 9.17) is 4.74 Å². The number of carbonyl (C=O) groups is 1. The second kappa shape index (κ2) is 8.52. The van der Waals surface area contributed by atoms with Crippen LogP contribution in [0.1, 0.15) is 35.5 Å². The number of hydrogen-bond acceptors (Lipinski definition) is 4. The number of methoxy groups -OCH3 is 1. The molecule has 1 aromatic heterocycles. The number of esters is 1. The molecule has 0 radical (unpaired) electrons. The summed E-state index contributed by atoms with van der Waals surface area (Å²) in [6, 6.07) is 7.60. The molecular formula is C16H22N2O2S. The van der Waals surface area contributed by atoms with Crippen LogP contribution in [0.25, 0.3) is 0 Å². The van der Waals surface area contributed by atoms with Crippen molar-refractivity contribution in [3.8, 4) is 0 Å². The molecule has 0 amide bonds. The number of carbonyl (C=O) groups excluding carboxylic acids is 1. The number of benzene rings is 1. The van der Waals surface area contributed by atoms with Gasteiger partial charge in [0.1, 0.15) is 0 Å². The van der Waals surface area contributed by atoms with Gasteiger partial charge in [0.2, 0.25) is 0 Å². The Balaban J connectivity index is 0.00000106. The van der Waals surface area contributed by atoms with Crippen molar-refractivity contribution in [1.82, 2.24) is 9.78 Å². The van der Waals surface area contributed by atoms with Crippen LogP contribution in [0.3, 0.4) is 0 Å². The second-order valence-corrected chi connectivity index (χ2v) is 5.26. The van der Waals surface area contributed by atoms with Crippen LogP contribution in [0.2, 0.25) is 0 Å². The number of aryl methyl sites for hydroxylation is 2. The molecule has 1 aromatic carbocycles. The highest BCUT2D eigenvalue weighted by molar-refractivity contribution is 7.98. The van der Waals surface area contributed by atoms with Crippen molar-refractivity contribution in [3.63, 3.8) is 0 Å². The topological polar surface area (TPSA) is 44.1 Å². The predicted octanol–water partition coefficient (Wildman–Crippen LogP) is 3.83. The van der Waals surface area contributed by atoms with Crippen LogP contribution in [0.15, 0.2) is 35.4 Å². The first-order valence-corrected chi connectivity index (χ1v) is 7.89. The van der Waals surface area contributed by atoms with E-state index in [9.17, 15) is 4.79 Å². The third-order valence-corrected chi connectivity index (χ3v) is 3.95. The molecule has 0 aliphatic heterocycles. The molecule has 0 spiro atoms. The van der Waals surface area contributed by atoms with E-state index in [1.165, 1.54) is 7.11 Å². The molecule has 0 bridgehead atoms. The highest BCUT2D eigenvalue weighted by Crippen LogP contribution is 2.26. The van der Waals surface area contributed by atoms with Gasteiger partial charge in [-0.25, -0.2) is 4.79 Å². The Morgan fingerprint density at radius 2 is 2.05 bits per heavy atom. The summed E-state index contributed by atoms with van der Waals surface area (Å²) in [6.07, 6.45) is 1.93. The normalized spacial score (nSPS) is 9.76. The molecular weight excluding hydrogens is 284 g/mol. The van der Waals surface area contributed by atoms with E-state index in [1.54, 1.807) is 22.5 Å². The molecule has 0 aliphatic carbocycles. The van der Waals surface area contributed by atoms with Crippen molar-refractivity contribution >= 4 is 17.7 Å². The molecule has 4 nitrogen and oxygen atoms in total. The van der Waals surface area contributed by atoms with Gasteiger partial charge in [-0.05, 0) is 36.8 Å². The van der Waals surface area contributed by atoms with Crippen molar-refractivity contribution in [2.75, 3.05) is 7.11 Å². The zero-order valence-electron chi connectivity index (χ0n) is 13.2. The van der Waals surface area contributed by atoms with Crippen LogP contribution < -0.4 is 0 Å². The first kappa shape index (κ1) is 17.3. The van der Waals surface area contributed by atoms with E-state index in [1.807, 2.05) is 52.2 Å². The zero-order valence-corrected chi connectivity index (χ0v) is 14.0. The van der Waals surface area contributed by atoms with Crippen molar-refractivity contribution in [2.24, 2.45) is 7.05 Å². The molecule has 0 unspecified atom stereocenters. The largest absolute Gasteiger partial charge is 0.465 e. The third kappa shape index (κ3) is 4.93. The fraction of sp³-hybridized carbons (Fsp3) is 0.375. The van der Waals surface area contributed by atoms with Gasteiger partial charge in [-0.3, -0.25) is 4.68 Å². The van der Waals surface area contributed by atoms with Crippen LogP contribution in [0.4, 0.5) is 0 Å². The minimum atomic E-state index is -0.302. The Morgan fingerprint density at radius 1 is 1.33 bits per heavy atom. The average molecular weight is 306 g/mol. The number of hydrogen-bond donors (Lipinski definition) is 0. The van der Waals surface area contributed by atoms with E-state index >= 15 is 0 Å². The highest BCUT2D eigenvalue weighted by atomic mass is 32.2. The average Bonchev–Trinajstić information content (AvgIpc) is 2.92. The lowest BCUT2D eigenvalue weighted by atomic mass is 10.1. The van der Waals surface area contributed by atoms with Crippen LogP contribution in [0, 0.1) is 6.92 Å². The molecule has 21 heavy (non-hydrogen) atoms. The molecule has 5 heteroatoms. The van der Waals surface area contributed by atoms with Crippen LogP contribution in [-0.2, 0) is 17.5 Å². The lowest BCUT2D eigenvalue weighted by Crippen LogP contribution is -2.01. The Hall–Kier alpha value is -1.75. The van der Waals surface area contributed by atoms with Crippen LogP contribution in [0.5, 0.6) is 0 Å². The number of aromatic nitrogens is 2. The van der Waals surface area contributed by atoms with Crippen LogP contribution in [-0.4, -0.2) is 22.9 Å². The Labute approximate surface area is 130 Å². The van der Waals surface area contributed by atoms with Gasteiger partial charge in [-0.2, -0.15) is 5.10 Å². The summed E-state index contributed by atoms with van der Waals surface area (Å²) >= 11 is 1.71. The summed E-state index contributed by atoms with van der Waals surface area (Å²) in [5.41, 5.74) is 2.70. The molecule has 2 rings (SSSR count). The maximum atomic E-state index is 11.4. The molecule has 0 fully saturated rings. The summed E-state index contributed by atoms with van der Waals surface area (Å²) in [5, 5.41) is 4.34. The number of ether oxygens (including phenoxy) is 1. The SMILES string of the molecule is CC.COC(=O)c1ccc(SCc2ccn(C)n2)c(C)c1. The van der Waals surface area contributed by atoms with Gasteiger partial charge in [0.15, 0.2) is 0 Å². The Morgan fingerprint density at radius 3 is 2.57 bits per heavy atom. The van der Waals surface area contributed by atoms with Gasteiger partial charge in [0, 0.05) is 23.9 Å². The summed E-state index contributed by atoms with van der Waals surface area (Å²) in [5.74, 6) is 0.517. The third-order valence-electron chi connectivity index (χ3n) is 2.74. The Kier molecular flexibility index (Phi) is 7.02. The van der Waals surface area contributed by atoms with E-state index in [0.29, 0.717) is 5.56 Å². The van der Waals surface area contributed by atoms with Crippen molar-refractivity contribution in [2.45, 2.75) is 31.4 Å². The number of thioether (sulfide) groups is 1. The number of nitrogens with zero attached hydrogens (tertiary/aromatic N) is 2. The van der Waals surface area contributed by atoms with Crippen molar-refractivity contribution in [1.29, 1.82) is 0 Å². The molecule has 0 atom stereocenters. The maximum Gasteiger partial charge on any atom is 0.337 e. The highest BCUT2D eigenvalue weighted by Gasteiger charge is 2.08.